The van der Waals surface area contributed by atoms with Crippen molar-refractivity contribution in [3.05, 3.63) is 34.9 Å². The molecule has 0 heterocycles. The van der Waals surface area contributed by atoms with Gasteiger partial charge in [0.05, 0.1) is 43.7 Å². The number of benzene rings is 1. The molecule has 0 saturated carbocycles. The summed E-state index contributed by atoms with van der Waals surface area (Å²) in [7, 11) is -3.53. The maximum Gasteiger partial charge on any atom is 0.338 e. The largest absolute Gasteiger partial charge is 0.462 e. The number of carbonyl (C=O) groups is 2. The summed E-state index contributed by atoms with van der Waals surface area (Å²) in [6.45, 7) is 7.44. The maximum absolute atomic E-state index is 12.9. The second kappa shape index (κ2) is 10.3. The number of hydrogen-bond donors (Lipinski definition) is 0. The van der Waals surface area contributed by atoms with Crippen molar-refractivity contribution in [2.24, 2.45) is 0 Å². The smallest absolute Gasteiger partial charge is 0.338 e. The van der Waals surface area contributed by atoms with E-state index in [1.54, 1.807) is 33.8 Å². The van der Waals surface area contributed by atoms with Crippen molar-refractivity contribution in [1.82, 2.24) is 0 Å². The van der Waals surface area contributed by atoms with Crippen molar-refractivity contribution < 1.29 is 32.7 Å². The zero-order valence-corrected chi connectivity index (χ0v) is 16.0. The first-order valence-electron chi connectivity index (χ1n) is 8.26. The highest BCUT2D eigenvalue weighted by atomic mass is 31.2. The number of hydrogen-bond acceptors (Lipinski definition) is 7. The lowest BCUT2D eigenvalue weighted by Gasteiger charge is -2.20. The molecule has 1 aromatic carbocycles. The van der Waals surface area contributed by atoms with E-state index in [1.165, 1.54) is 12.1 Å². The summed E-state index contributed by atoms with van der Waals surface area (Å²) in [4.78, 5) is 24.5. The van der Waals surface area contributed by atoms with E-state index in [0.29, 0.717) is 0 Å². The zero-order valence-electron chi connectivity index (χ0n) is 15.1. The van der Waals surface area contributed by atoms with Crippen LogP contribution >= 0.6 is 7.60 Å². The molecule has 0 amide bonds. The van der Waals surface area contributed by atoms with Crippen molar-refractivity contribution in [2.45, 2.75) is 33.9 Å². The minimum atomic E-state index is -3.53. The molecule has 0 aliphatic carbocycles. The van der Waals surface area contributed by atoms with E-state index >= 15 is 0 Å². The molecule has 1 rings (SSSR count). The minimum Gasteiger partial charge on any atom is -0.462 e. The second-order valence-electron chi connectivity index (χ2n) is 4.88. The van der Waals surface area contributed by atoms with E-state index in [0.717, 1.165) is 0 Å². The molecule has 0 aromatic heterocycles. The third-order valence-electron chi connectivity index (χ3n) is 3.17. The van der Waals surface area contributed by atoms with Gasteiger partial charge in [0.25, 0.3) is 0 Å². The number of rotatable bonds is 10. The van der Waals surface area contributed by atoms with Gasteiger partial charge in [-0.15, -0.1) is 0 Å². The molecule has 0 unspecified atom stereocenters. The van der Waals surface area contributed by atoms with Gasteiger partial charge in [0, 0.05) is 0 Å². The predicted octanol–water partition coefficient (Wildman–Crippen LogP) is 3.81. The van der Waals surface area contributed by atoms with Crippen LogP contribution in [0.5, 0.6) is 0 Å². The van der Waals surface area contributed by atoms with Gasteiger partial charge in [-0.05, 0) is 45.4 Å². The van der Waals surface area contributed by atoms with E-state index in [4.69, 9.17) is 18.5 Å². The first kappa shape index (κ1) is 21.4. The average Bonchev–Trinajstić information content (AvgIpc) is 2.55. The van der Waals surface area contributed by atoms with Crippen molar-refractivity contribution >= 4 is 19.5 Å². The van der Waals surface area contributed by atoms with Crippen LogP contribution in [0.2, 0.25) is 0 Å². The molecule has 0 saturated heterocycles. The number of esters is 2. The summed E-state index contributed by atoms with van der Waals surface area (Å²) in [5.74, 6) is -1.22. The van der Waals surface area contributed by atoms with E-state index in [2.05, 4.69) is 0 Å². The summed E-state index contributed by atoms with van der Waals surface area (Å²) >= 11 is 0. The molecule has 0 N–H and O–H groups in total. The van der Waals surface area contributed by atoms with Crippen LogP contribution < -0.4 is 0 Å². The summed E-state index contributed by atoms with van der Waals surface area (Å²) in [6, 6.07) is 4.57. The highest BCUT2D eigenvalue weighted by Crippen LogP contribution is 2.52. The van der Waals surface area contributed by atoms with Gasteiger partial charge in [0.15, 0.2) is 0 Å². The molecule has 1 aromatic rings. The van der Waals surface area contributed by atoms with Gasteiger partial charge >= 0.3 is 19.5 Å². The molecule has 0 fully saturated rings. The Morgan fingerprint density at radius 3 is 1.64 bits per heavy atom. The normalized spacial score (nSPS) is 11.2. The van der Waals surface area contributed by atoms with E-state index < -0.39 is 19.5 Å². The van der Waals surface area contributed by atoms with E-state index in [-0.39, 0.29) is 49.3 Å². The first-order valence-corrected chi connectivity index (χ1v) is 9.99. The standard InChI is InChI=1S/C17H25O7P/c1-5-21-16(18)13-10-9-11-14(17(19)22-6-2)15(13)12-25(20,23-7-3)24-8-4/h9-11H,5-8,12H2,1-4H3. The minimum absolute atomic E-state index is 0.145. The summed E-state index contributed by atoms with van der Waals surface area (Å²) in [6.07, 6.45) is -0.224. The van der Waals surface area contributed by atoms with Crippen molar-refractivity contribution in [1.29, 1.82) is 0 Å². The van der Waals surface area contributed by atoms with Crippen LogP contribution in [0.25, 0.3) is 0 Å². The molecule has 0 bridgehead atoms. The van der Waals surface area contributed by atoms with Gasteiger partial charge < -0.3 is 18.5 Å². The van der Waals surface area contributed by atoms with Gasteiger partial charge in [-0.2, -0.15) is 0 Å². The van der Waals surface area contributed by atoms with Gasteiger partial charge in [-0.1, -0.05) is 6.07 Å². The Bertz CT molecular complexity index is 596. The maximum atomic E-state index is 12.9. The molecular formula is C17H25O7P. The molecule has 0 aliphatic heterocycles. The predicted molar refractivity (Wildman–Crippen MR) is 92.9 cm³/mol. The Kier molecular flexibility index (Phi) is 8.83. The van der Waals surface area contributed by atoms with Crippen molar-refractivity contribution in [3.8, 4) is 0 Å². The lowest BCUT2D eigenvalue weighted by atomic mass is 10.0. The first-order chi connectivity index (χ1) is 11.9. The molecule has 7 nitrogen and oxygen atoms in total. The zero-order chi connectivity index (χ0) is 18.9. The monoisotopic (exact) mass is 372 g/mol. The molecule has 0 atom stereocenters. The van der Waals surface area contributed by atoms with Gasteiger partial charge in [-0.25, -0.2) is 9.59 Å². The van der Waals surface area contributed by atoms with Gasteiger partial charge in [0.2, 0.25) is 0 Å². The third-order valence-corrected chi connectivity index (χ3v) is 5.18. The Hall–Kier alpha value is -1.69. The molecule has 140 valence electrons. The molecule has 0 spiro atoms. The molecule has 25 heavy (non-hydrogen) atoms. The summed E-state index contributed by atoms with van der Waals surface area (Å²) in [5.41, 5.74) is 0.531. The lowest BCUT2D eigenvalue weighted by Crippen LogP contribution is -2.15. The van der Waals surface area contributed by atoms with E-state index in [1.807, 2.05) is 0 Å². The molecule has 8 heteroatoms. The van der Waals surface area contributed by atoms with Crippen LogP contribution in [0, 0.1) is 0 Å². The van der Waals surface area contributed by atoms with Crippen LogP contribution in [0.3, 0.4) is 0 Å². The number of carbonyl (C=O) groups excluding carboxylic acids is 2. The highest BCUT2D eigenvalue weighted by molar-refractivity contribution is 7.53. The third kappa shape index (κ3) is 5.96. The second-order valence-corrected chi connectivity index (χ2v) is 6.93. The summed E-state index contributed by atoms with van der Waals surface area (Å²) in [5, 5.41) is 0. The quantitative estimate of drug-likeness (QED) is 0.456. The lowest BCUT2D eigenvalue weighted by molar-refractivity contribution is 0.0523. The Morgan fingerprint density at radius 2 is 1.28 bits per heavy atom. The van der Waals surface area contributed by atoms with Crippen LogP contribution in [0.1, 0.15) is 54.0 Å². The average molecular weight is 372 g/mol. The van der Waals surface area contributed by atoms with Gasteiger partial charge in [-0.3, -0.25) is 4.57 Å². The van der Waals surface area contributed by atoms with E-state index in [9.17, 15) is 14.2 Å². The Labute approximate surface area is 148 Å². The van der Waals surface area contributed by atoms with Gasteiger partial charge in [0.1, 0.15) is 0 Å². The molecule has 0 radical (unpaired) electrons. The Morgan fingerprint density at radius 1 is 0.840 bits per heavy atom. The topological polar surface area (TPSA) is 88.1 Å². The fourth-order valence-corrected chi connectivity index (χ4v) is 4.04. The van der Waals surface area contributed by atoms with Crippen LogP contribution in [0.4, 0.5) is 0 Å². The summed E-state index contributed by atoms with van der Waals surface area (Å²) < 4.78 is 33.6. The SMILES string of the molecule is CCOC(=O)c1cccc(C(=O)OCC)c1CP(=O)(OCC)OCC. The fourth-order valence-electron chi connectivity index (χ4n) is 2.27. The molecular weight excluding hydrogens is 347 g/mol. The van der Waals surface area contributed by atoms with Crippen molar-refractivity contribution in [3.63, 3.8) is 0 Å². The Balaban J connectivity index is 3.42. The van der Waals surface area contributed by atoms with Crippen molar-refractivity contribution in [2.75, 3.05) is 26.4 Å². The fraction of sp³-hybridized carbons (Fsp3) is 0.529. The molecule has 0 aliphatic rings. The number of ether oxygens (including phenoxy) is 2. The van der Waals surface area contributed by atoms with Crippen LogP contribution in [-0.4, -0.2) is 38.4 Å². The van der Waals surface area contributed by atoms with Crippen LogP contribution in [0.15, 0.2) is 18.2 Å². The van der Waals surface area contributed by atoms with Crippen LogP contribution in [-0.2, 0) is 29.2 Å². The highest BCUT2D eigenvalue weighted by Gasteiger charge is 2.30.